The number of hydrogen-bond donors (Lipinski definition) is 2. The van der Waals surface area contributed by atoms with Gasteiger partial charge in [0.15, 0.2) is 0 Å². The van der Waals surface area contributed by atoms with Gasteiger partial charge >= 0.3 is 0 Å². The van der Waals surface area contributed by atoms with E-state index in [0.29, 0.717) is 5.56 Å². The molecule has 0 saturated heterocycles. The van der Waals surface area contributed by atoms with Gasteiger partial charge in [0, 0.05) is 6.07 Å². The minimum absolute atomic E-state index is 0.0906. The summed E-state index contributed by atoms with van der Waals surface area (Å²) in [6.07, 6.45) is 1.41. The number of nitrogens with zero attached hydrogens (tertiary/aromatic N) is 1. The molecule has 0 bridgehead atoms. The van der Waals surface area contributed by atoms with Crippen LogP contribution in [0.2, 0.25) is 0 Å². The maximum atomic E-state index is 13.0. The number of aromatic amines is 1. The number of aryl methyl sites for hydroxylation is 1. The standard InChI is InChI=1S/C10H10FN3O2S/c1-7-2-3-8(11)6-9(7)17(15,16)14-10-4-5-12-13-10/h2-6H,1H3,(H2,12,13,14). The van der Waals surface area contributed by atoms with Gasteiger partial charge in [0.2, 0.25) is 0 Å². The lowest BCUT2D eigenvalue weighted by atomic mass is 10.2. The fourth-order valence-corrected chi connectivity index (χ4v) is 2.65. The van der Waals surface area contributed by atoms with Crippen LogP contribution in [0.25, 0.3) is 0 Å². The summed E-state index contributed by atoms with van der Waals surface area (Å²) in [5.74, 6) is -0.366. The molecule has 1 aromatic heterocycles. The second-order valence-electron chi connectivity index (χ2n) is 3.49. The number of rotatable bonds is 3. The lowest BCUT2D eigenvalue weighted by molar-refractivity contribution is 0.594. The fraction of sp³-hybridized carbons (Fsp3) is 0.100. The van der Waals surface area contributed by atoms with E-state index in [1.54, 1.807) is 6.92 Å². The van der Waals surface area contributed by atoms with Crippen molar-refractivity contribution in [3.8, 4) is 0 Å². The Morgan fingerprint density at radius 3 is 2.76 bits per heavy atom. The molecular formula is C10H10FN3O2S. The number of halogens is 1. The minimum atomic E-state index is -3.80. The molecule has 5 nitrogen and oxygen atoms in total. The van der Waals surface area contributed by atoms with Crippen LogP contribution in [0, 0.1) is 12.7 Å². The summed E-state index contributed by atoms with van der Waals surface area (Å²) in [6.45, 7) is 1.60. The highest BCUT2D eigenvalue weighted by Crippen LogP contribution is 2.18. The van der Waals surface area contributed by atoms with E-state index in [0.717, 1.165) is 6.07 Å². The van der Waals surface area contributed by atoms with E-state index in [4.69, 9.17) is 0 Å². The van der Waals surface area contributed by atoms with Crippen LogP contribution in [0.1, 0.15) is 5.56 Å². The molecule has 2 rings (SSSR count). The number of nitrogens with one attached hydrogen (secondary N) is 2. The normalized spacial score (nSPS) is 11.4. The van der Waals surface area contributed by atoms with Crippen molar-refractivity contribution in [2.45, 2.75) is 11.8 Å². The van der Waals surface area contributed by atoms with Crippen molar-refractivity contribution in [2.75, 3.05) is 4.72 Å². The zero-order valence-corrected chi connectivity index (χ0v) is 9.75. The molecule has 0 radical (unpaired) electrons. The number of sulfonamides is 1. The zero-order chi connectivity index (χ0) is 12.5. The van der Waals surface area contributed by atoms with Gasteiger partial charge in [-0.25, -0.2) is 12.8 Å². The van der Waals surface area contributed by atoms with E-state index >= 15 is 0 Å². The molecule has 2 N–H and O–H groups in total. The number of hydrogen-bond acceptors (Lipinski definition) is 3. The maximum absolute atomic E-state index is 13.0. The zero-order valence-electron chi connectivity index (χ0n) is 8.94. The van der Waals surface area contributed by atoms with E-state index in [-0.39, 0.29) is 10.7 Å². The largest absolute Gasteiger partial charge is 0.264 e. The van der Waals surface area contributed by atoms with Crippen molar-refractivity contribution >= 4 is 15.8 Å². The highest BCUT2D eigenvalue weighted by Gasteiger charge is 2.18. The average molecular weight is 255 g/mol. The fourth-order valence-electron chi connectivity index (χ4n) is 1.38. The van der Waals surface area contributed by atoms with Gasteiger partial charge in [-0.2, -0.15) is 5.10 Å². The van der Waals surface area contributed by atoms with Crippen molar-refractivity contribution in [3.63, 3.8) is 0 Å². The Hall–Kier alpha value is -1.89. The summed E-state index contributed by atoms with van der Waals surface area (Å²) in [4.78, 5) is -0.0906. The van der Waals surface area contributed by atoms with E-state index in [1.807, 2.05) is 0 Å². The Morgan fingerprint density at radius 2 is 2.12 bits per heavy atom. The van der Waals surface area contributed by atoms with Crippen LogP contribution in [0.3, 0.4) is 0 Å². The number of benzene rings is 1. The third-order valence-electron chi connectivity index (χ3n) is 2.18. The van der Waals surface area contributed by atoms with Gasteiger partial charge in [0.25, 0.3) is 10.0 Å². The van der Waals surface area contributed by atoms with E-state index < -0.39 is 15.8 Å². The van der Waals surface area contributed by atoms with Gasteiger partial charge in [-0.15, -0.1) is 0 Å². The number of anilines is 1. The second-order valence-corrected chi connectivity index (χ2v) is 5.14. The van der Waals surface area contributed by atoms with Gasteiger partial charge in [0.1, 0.15) is 11.6 Å². The summed E-state index contributed by atoms with van der Waals surface area (Å²) in [6, 6.07) is 5.07. The lowest BCUT2D eigenvalue weighted by Crippen LogP contribution is -2.14. The van der Waals surface area contributed by atoms with Crippen molar-refractivity contribution in [2.24, 2.45) is 0 Å². The SMILES string of the molecule is Cc1ccc(F)cc1S(=O)(=O)Nc1ccn[nH]1. The molecule has 0 atom stereocenters. The van der Waals surface area contributed by atoms with Crippen LogP contribution < -0.4 is 4.72 Å². The van der Waals surface area contributed by atoms with Crippen molar-refractivity contribution in [1.82, 2.24) is 10.2 Å². The first-order valence-electron chi connectivity index (χ1n) is 4.77. The summed E-state index contributed by atoms with van der Waals surface area (Å²) < 4.78 is 39.2. The first-order chi connectivity index (χ1) is 7.99. The molecule has 0 spiro atoms. The summed E-state index contributed by atoms with van der Waals surface area (Å²) in [5.41, 5.74) is 0.471. The maximum Gasteiger partial charge on any atom is 0.263 e. The van der Waals surface area contributed by atoms with E-state index in [1.165, 1.54) is 24.4 Å². The third kappa shape index (κ3) is 2.44. The molecule has 2 aromatic rings. The summed E-state index contributed by atoms with van der Waals surface area (Å²) in [5, 5.41) is 6.08. The molecule has 0 unspecified atom stereocenters. The molecule has 0 amide bonds. The summed E-state index contributed by atoms with van der Waals surface area (Å²) in [7, 11) is -3.80. The predicted molar refractivity (Wildman–Crippen MR) is 60.5 cm³/mol. The van der Waals surface area contributed by atoms with Crippen molar-refractivity contribution in [3.05, 3.63) is 41.8 Å². The number of H-pyrrole nitrogens is 1. The lowest BCUT2D eigenvalue weighted by Gasteiger charge is -2.08. The van der Waals surface area contributed by atoms with Crippen LogP contribution in [0.5, 0.6) is 0 Å². The van der Waals surface area contributed by atoms with Gasteiger partial charge in [0.05, 0.1) is 11.1 Å². The smallest absolute Gasteiger partial charge is 0.263 e. The average Bonchev–Trinajstić information content (AvgIpc) is 2.73. The van der Waals surface area contributed by atoms with E-state index in [2.05, 4.69) is 14.9 Å². The van der Waals surface area contributed by atoms with Crippen molar-refractivity contribution < 1.29 is 12.8 Å². The number of aromatic nitrogens is 2. The topological polar surface area (TPSA) is 74.8 Å². The molecular weight excluding hydrogens is 245 g/mol. The Labute approximate surface area is 97.7 Å². The van der Waals surface area contributed by atoms with Crippen LogP contribution in [-0.4, -0.2) is 18.6 Å². The molecule has 0 aliphatic carbocycles. The molecule has 0 saturated carbocycles. The Bertz CT molecular complexity index is 623. The second kappa shape index (κ2) is 4.17. The quantitative estimate of drug-likeness (QED) is 0.875. The highest BCUT2D eigenvalue weighted by atomic mass is 32.2. The molecule has 90 valence electrons. The summed E-state index contributed by atoms with van der Waals surface area (Å²) >= 11 is 0. The van der Waals surface area contributed by atoms with Gasteiger partial charge in [-0.3, -0.25) is 9.82 Å². The van der Waals surface area contributed by atoms with Crippen molar-refractivity contribution in [1.29, 1.82) is 0 Å². The predicted octanol–water partition coefficient (Wildman–Crippen LogP) is 1.66. The van der Waals surface area contributed by atoms with Crippen LogP contribution in [0.15, 0.2) is 35.4 Å². The monoisotopic (exact) mass is 255 g/mol. The molecule has 17 heavy (non-hydrogen) atoms. The molecule has 1 heterocycles. The first kappa shape index (κ1) is 11.6. The molecule has 1 aromatic carbocycles. The van der Waals surface area contributed by atoms with Gasteiger partial charge < -0.3 is 0 Å². The van der Waals surface area contributed by atoms with Crippen LogP contribution in [-0.2, 0) is 10.0 Å². The highest BCUT2D eigenvalue weighted by molar-refractivity contribution is 7.92. The van der Waals surface area contributed by atoms with Gasteiger partial charge in [-0.1, -0.05) is 6.07 Å². The van der Waals surface area contributed by atoms with Gasteiger partial charge in [-0.05, 0) is 24.6 Å². The molecule has 0 aliphatic rings. The Morgan fingerprint density at radius 1 is 1.35 bits per heavy atom. The molecule has 7 heteroatoms. The minimum Gasteiger partial charge on any atom is -0.264 e. The Kier molecular flexibility index (Phi) is 2.84. The van der Waals surface area contributed by atoms with Crippen LogP contribution >= 0.6 is 0 Å². The van der Waals surface area contributed by atoms with Crippen LogP contribution in [0.4, 0.5) is 10.2 Å². The molecule has 0 aliphatic heterocycles. The third-order valence-corrected chi connectivity index (χ3v) is 3.69. The Balaban J connectivity index is 2.41. The van der Waals surface area contributed by atoms with E-state index in [9.17, 15) is 12.8 Å². The molecule has 0 fully saturated rings. The first-order valence-corrected chi connectivity index (χ1v) is 6.26.